The van der Waals surface area contributed by atoms with Crippen LogP contribution in [0.5, 0.6) is 0 Å². The number of aromatic nitrogens is 1. The van der Waals surface area contributed by atoms with Gasteiger partial charge in [0.25, 0.3) is 0 Å². The van der Waals surface area contributed by atoms with Crippen LogP contribution in [-0.4, -0.2) is 4.57 Å². The minimum atomic E-state index is 0.879. The van der Waals surface area contributed by atoms with Gasteiger partial charge in [0.1, 0.15) is 0 Å². The van der Waals surface area contributed by atoms with Crippen molar-refractivity contribution in [2.75, 3.05) is 0 Å². The highest BCUT2D eigenvalue weighted by atomic mass is 32.1. The summed E-state index contributed by atoms with van der Waals surface area (Å²) in [5, 5.41) is 0. The van der Waals surface area contributed by atoms with E-state index in [-0.39, 0.29) is 0 Å². The zero-order valence-corrected chi connectivity index (χ0v) is 14.5. The molecule has 0 bridgehead atoms. The third-order valence-electron chi connectivity index (χ3n) is 4.25. The zero-order chi connectivity index (χ0) is 17.1. The highest BCUT2D eigenvalue weighted by Crippen LogP contribution is 2.30. The van der Waals surface area contributed by atoms with E-state index in [1.165, 1.54) is 0 Å². The number of benzene rings is 3. The number of hydrogen-bond acceptors (Lipinski definition) is 1. The van der Waals surface area contributed by atoms with Crippen LogP contribution in [0, 0.1) is 4.51 Å². The molecule has 0 saturated carbocycles. The van der Waals surface area contributed by atoms with Gasteiger partial charge in [0.15, 0.2) is 0 Å². The summed E-state index contributed by atoms with van der Waals surface area (Å²) < 4.78 is 3.03. The average Bonchev–Trinajstić information content (AvgIpc) is 2.70. The third kappa shape index (κ3) is 3.17. The van der Waals surface area contributed by atoms with E-state index in [0.29, 0.717) is 0 Å². The summed E-state index contributed by atoms with van der Waals surface area (Å²) in [4.78, 5) is 0. The van der Waals surface area contributed by atoms with Gasteiger partial charge in [-0.2, -0.15) is 0 Å². The molecule has 1 heterocycles. The summed E-state index contributed by atoms with van der Waals surface area (Å²) in [6, 6.07) is 31.0. The second-order valence-electron chi connectivity index (χ2n) is 5.89. The van der Waals surface area contributed by atoms with E-state index in [0.717, 1.165) is 32.5 Å². The summed E-state index contributed by atoms with van der Waals surface area (Å²) in [5.41, 5.74) is 5.53. The third-order valence-corrected chi connectivity index (χ3v) is 4.69. The Morgan fingerprint density at radius 1 is 0.520 bits per heavy atom. The Labute approximate surface area is 152 Å². The summed E-state index contributed by atoms with van der Waals surface area (Å²) >= 11 is 5.85. The Kier molecular flexibility index (Phi) is 4.28. The van der Waals surface area contributed by atoms with Crippen LogP contribution in [0.25, 0.3) is 27.9 Å². The lowest BCUT2D eigenvalue weighted by atomic mass is 10.0. The maximum atomic E-state index is 5.85. The van der Waals surface area contributed by atoms with Gasteiger partial charge in [-0.3, -0.25) is 0 Å². The fraction of sp³-hybridized carbons (Fsp3) is 0. The van der Waals surface area contributed by atoms with Crippen LogP contribution in [-0.2, 0) is 0 Å². The minimum absolute atomic E-state index is 0.879. The molecule has 0 radical (unpaired) electrons. The van der Waals surface area contributed by atoms with Gasteiger partial charge < -0.3 is 4.57 Å². The number of pyridine rings is 1. The predicted octanol–water partition coefficient (Wildman–Crippen LogP) is 6.54. The molecule has 0 aliphatic carbocycles. The van der Waals surface area contributed by atoms with E-state index >= 15 is 0 Å². The first-order valence-corrected chi connectivity index (χ1v) is 8.66. The van der Waals surface area contributed by atoms with E-state index in [9.17, 15) is 0 Å². The zero-order valence-electron chi connectivity index (χ0n) is 13.7. The molecule has 2 heteroatoms. The van der Waals surface area contributed by atoms with Crippen molar-refractivity contribution < 1.29 is 0 Å². The van der Waals surface area contributed by atoms with E-state index in [1.807, 2.05) is 54.6 Å². The Bertz CT molecular complexity index is 972. The van der Waals surface area contributed by atoms with E-state index in [1.54, 1.807) is 0 Å². The Morgan fingerprint density at radius 3 is 1.36 bits per heavy atom. The van der Waals surface area contributed by atoms with Crippen molar-refractivity contribution in [3.05, 3.63) is 108 Å². The molecule has 4 rings (SSSR count). The quantitative estimate of drug-likeness (QED) is 0.384. The SMILES string of the molecule is S=c1c(-c2ccccc2)cn(-c2ccccc2)cc1-c1ccccc1. The van der Waals surface area contributed by atoms with E-state index < -0.39 is 0 Å². The number of rotatable bonds is 3. The van der Waals surface area contributed by atoms with Gasteiger partial charge in [0.05, 0.1) is 4.51 Å². The molecule has 1 aromatic heterocycles. The van der Waals surface area contributed by atoms with Crippen LogP contribution >= 0.6 is 12.2 Å². The van der Waals surface area contributed by atoms with Crippen LogP contribution in [0.3, 0.4) is 0 Å². The van der Waals surface area contributed by atoms with Crippen molar-refractivity contribution in [2.45, 2.75) is 0 Å². The molecule has 1 nitrogen and oxygen atoms in total. The maximum absolute atomic E-state index is 5.85. The van der Waals surface area contributed by atoms with Gasteiger partial charge in [-0.1, -0.05) is 91.1 Å². The first-order chi connectivity index (χ1) is 12.3. The van der Waals surface area contributed by atoms with Gasteiger partial charge in [-0.15, -0.1) is 0 Å². The molecule has 25 heavy (non-hydrogen) atoms. The summed E-state index contributed by atoms with van der Waals surface area (Å²) in [7, 11) is 0. The molecule has 0 unspecified atom stereocenters. The summed E-state index contributed by atoms with van der Waals surface area (Å²) in [6.45, 7) is 0. The topological polar surface area (TPSA) is 4.93 Å². The van der Waals surface area contributed by atoms with E-state index in [2.05, 4.69) is 53.4 Å². The van der Waals surface area contributed by atoms with Crippen LogP contribution < -0.4 is 0 Å². The fourth-order valence-corrected chi connectivity index (χ4v) is 3.31. The Hall–Kier alpha value is -2.97. The lowest BCUT2D eigenvalue weighted by Gasteiger charge is -2.14. The molecule has 0 amide bonds. The Balaban J connectivity index is 2.00. The van der Waals surface area contributed by atoms with Gasteiger partial charge >= 0.3 is 0 Å². The second kappa shape index (κ2) is 6.88. The van der Waals surface area contributed by atoms with Gasteiger partial charge in [0.2, 0.25) is 0 Å². The summed E-state index contributed by atoms with van der Waals surface area (Å²) in [5.74, 6) is 0. The lowest BCUT2D eigenvalue weighted by Crippen LogP contribution is -1.98. The van der Waals surface area contributed by atoms with Crippen LogP contribution in [0.15, 0.2) is 103 Å². The first-order valence-electron chi connectivity index (χ1n) is 8.25. The molecule has 120 valence electrons. The van der Waals surface area contributed by atoms with Crippen molar-refractivity contribution in [2.24, 2.45) is 0 Å². The van der Waals surface area contributed by atoms with Crippen molar-refractivity contribution in [1.29, 1.82) is 0 Å². The number of para-hydroxylation sites is 1. The van der Waals surface area contributed by atoms with Crippen molar-refractivity contribution in [3.8, 4) is 27.9 Å². The minimum Gasteiger partial charge on any atom is -0.323 e. The molecule has 0 aliphatic heterocycles. The molecular weight excluding hydrogens is 322 g/mol. The van der Waals surface area contributed by atoms with Crippen LogP contribution in [0.4, 0.5) is 0 Å². The van der Waals surface area contributed by atoms with Crippen molar-refractivity contribution in [1.82, 2.24) is 4.57 Å². The molecule has 4 aromatic rings. The largest absolute Gasteiger partial charge is 0.323 e. The van der Waals surface area contributed by atoms with E-state index in [4.69, 9.17) is 12.2 Å². The Morgan fingerprint density at radius 2 is 0.920 bits per heavy atom. The van der Waals surface area contributed by atoms with Crippen LogP contribution in [0.2, 0.25) is 0 Å². The maximum Gasteiger partial charge on any atom is 0.0563 e. The smallest absolute Gasteiger partial charge is 0.0563 e. The average molecular weight is 339 g/mol. The monoisotopic (exact) mass is 339 g/mol. The highest BCUT2D eigenvalue weighted by Gasteiger charge is 2.09. The molecule has 0 N–H and O–H groups in total. The molecule has 0 fully saturated rings. The van der Waals surface area contributed by atoms with Gasteiger partial charge in [-0.05, 0) is 23.3 Å². The molecule has 3 aromatic carbocycles. The normalized spacial score (nSPS) is 10.6. The molecule has 0 saturated heterocycles. The van der Waals surface area contributed by atoms with Crippen molar-refractivity contribution in [3.63, 3.8) is 0 Å². The lowest BCUT2D eigenvalue weighted by molar-refractivity contribution is 1.05. The van der Waals surface area contributed by atoms with Crippen LogP contribution in [0.1, 0.15) is 0 Å². The summed E-state index contributed by atoms with van der Waals surface area (Å²) in [6.07, 6.45) is 4.25. The molecule has 0 spiro atoms. The molecule has 0 atom stereocenters. The van der Waals surface area contributed by atoms with Gasteiger partial charge in [0, 0.05) is 29.2 Å². The van der Waals surface area contributed by atoms with Gasteiger partial charge in [-0.25, -0.2) is 0 Å². The molecular formula is C23H17NS. The fourth-order valence-electron chi connectivity index (χ4n) is 2.97. The predicted molar refractivity (Wildman–Crippen MR) is 107 cm³/mol. The standard InChI is InChI=1S/C23H17NS/c25-23-21(18-10-4-1-5-11-18)16-24(20-14-8-3-9-15-20)17-22(23)19-12-6-2-7-13-19/h1-17H. The number of hydrogen-bond donors (Lipinski definition) is 0. The second-order valence-corrected chi connectivity index (χ2v) is 6.30. The highest BCUT2D eigenvalue weighted by molar-refractivity contribution is 7.71. The first kappa shape index (κ1) is 15.6. The number of nitrogens with zero attached hydrogens (tertiary/aromatic N) is 1. The van der Waals surface area contributed by atoms with Crippen molar-refractivity contribution >= 4 is 12.2 Å². The molecule has 0 aliphatic rings.